The number of anilines is 1. The summed E-state index contributed by atoms with van der Waals surface area (Å²) in [5.74, 6) is 0. The van der Waals surface area contributed by atoms with Crippen LogP contribution in [0, 0.1) is 6.92 Å². The lowest BCUT2D eigenvalue weighted by molar-refractivity contribution is -0.725. The van der Waals surface area contributed by atoms with E-state index >= 15 is 0 Å². The molecule has 2 rings (SSSR count). The van der Waals surface area contributed by atoms with Crippen LogP contribution >= 0.6 is 0 Å². The van der Waals surface area contributed by atoms with Crippen LogP contribution in [0.3, 0.4) is 0 Å². The average molecular weight is 177 g/mol. The van der Waals surface area contributed by atoms with E-state index in [0.717, 1.165) is 11.3 Å². The second-order valence-corrected chi connectivity index (χ2v) is 2.69. The zero-order valence-corrected chi connectivity index (χ0v) is 7.14. The maximum absolute atomic E-state index is 5.30. The number of aryl methyl sites for hydroxylation is 1. The van der Waals surface area contributed by atoms with Gasteiger partial charge in [0.2, 0.25) is 5.27 Å². The molecule has 66 valence electrons. The van der Waals surface area contributed by atoms with Gasteiger partial charge in [-0.2, -0.15) is 0 Å². The van der Waals surface area contributed by atoms with Gasteiger partial charge in [-0.05, 0) is 6.92 Å². The predicted molar refractivity (Wildman–Crippen MR) is 45.0 cm³/mol. The van der Waals surface area contributed by atoms with Crippen LogP contribution in [-0.4, -0.2) is 10.4 Å². The third-order valence-electron chi connectivity index (χ3n) is 1.74. The van der Waals surface area contributed by atoms with Crippen molar-refractivity contribution in [2.45, 2.75) is 6.92 Å². The Kier molecular flexibility index (Phi) is 1.70. The average Bonchev–Trinajstić information content (AvgIpc) is 2.53. The van der Waals surface area contributed by atoms with Crippen LogP contribution in [0.4, 0.5) is 6.01 Å². The highest BCUT2D eigenvalue weighted by Gasteiger charge is 2.16. The largest absolute Gasteiger partial charge is 0.387 e. The van der Waals surface area contributed by atoms with Gasteiger partial charge in [-0.3, -0.25) is 4.52 Å². The molecule has 0 unspecified atom stereocenters. The summed E-state index contributed by atoms with van der Waals surface area (Å²) < 4.78 is 4.65. The van der Waals surface area contributed by atoms with E-state index in [4.69, 9.17) is 5.73 Å². The third kappa shape index (κ3) is 1.35. The molecule has 1 heterocycles. The van der Waals surface area contributed by atoms with Gasteiger partial charge in [-0.15, -0.1) is 0 Å². The number of rotatable bonds is 1. The molecule has 0 saturated carbocycles. The van der Waals surface area contributed by atoms with Gasteiger partial charge in [0, 0.05) is 11.6 Å². The molecule has 1 aromatic carbocycles. The van der Waals surface area contributed by atoms with Gasteiger partial charge in [-0.1, -0.05) is 18.2 Å². The first-order valence-electron chi connectivity index (χ1n) is 3.85. The monoisotopic (exact) mass is 177 g/mol. The van der Waals surface area contributed by atoms with Crippen LogP contribution in [0.5, 0.6) is 0 Å². The highest BCUT2D eigenvalue weighted by atomic mass is 16.5. The normalized spacial score (nSPS) is 10.2. The molecule has 0 saturated heterocycles. The molecule has 0 amide bonds. The summed E-state index contributed by atoms with van der Waals surface area (Å²) in [6, 6.07) is 7.77. The number of benzene rings is 1. The van der Waals surface area contributed by atoms with Crippen molar-refractivity contribution in [2.24, 2.45) is 0 Å². The lowest BCUT2D eigenvalue weighted by Gasteiger charge is -1.89. The Hall–Kier alpha value is -1.91. The van der Waals surface area contributed by atoms with Crippen LogP contribution in [-0.2, 0) is 0 Å². The topological polar surface area (TPSA) is 68.8 Å². The molecule has 5 heteroatoms. The molecule has 13 heavy (non-hydrogen) atoms. The van der Waals surface area contributed by atoms with Crippen molar-refractivity contribution in [3.63, 3.8) is 0 Å². The van der Waals surface area contributed by atoms with Gasteiger partial charge in [0.05, 0.1) is 5.10 Å². The van der Waals surface area contributed by atoms with E-state index in [1.54, 1.807) is 0 Å². The van der Waals surface area contributed by atoms with Crippen molar-refractivity contribution in [3.8, 4) is 5.69 Å². The number of nitrogens with zero attached hydrogens (tertiary/aromatic N) is 3. The smallest absolute Gasteiger partial charge is 0.346 e. The van der Waals surface area contributed by atoms with Crippen molar-refractivity contribution >= 4 is 6.01 Å². The SMILES string of the molecule is Cc1ccccc1-[n+]1noc(N)n1. The van der Waals surface area contributed by atoms with Crippen LogP contribution in [0.2, 0.25) is 0 Å². The van der Waals surface area contributed by atoms with Crippen molar-refractivity contribution in [2.75, 3.05) is 5.73 Å². The number of para-hydroxylation sites is 1. The number of nitrogen functional groups attached to an aromatic ring is 1. The number of nitrogens with two attached hydrogens (primary N) is 1. The Balaban J connectivity index is 2.52. The Morgan fingerprint density at radius 3 is 2.77 bits per heavy atom. The molecule has 0 bridgehead atoms. The minimum atomic E-state index is 0.0586. The fourth-order valence-electron chi connectivity index (χ4n) is 1.10. The summed E-state index contributed by atoms with van der Waals surface area (Å²) in [5.41, 5.74) is 7.23. The summed E-state index contributed by atoms with van der Waals surface area (Å²) in [7, 11) is 0. The summed E-state index contributed by atoms with van der Waals surface area (Å²) in [4.78, 5) is 1.37. The zero-order chi connectivity index (χ0) is 9.26. The van der Waals surface area contributed by atoms with Gasteiger partial charge in [0.1, 0.15) is 4.80 Å². The van der Waals surface area contributed by atoms with E-state index in [0.29, 0.717) is 0 Å². The van der Waals surface area contributed by atoms with Gasteiger partial charge < -0.3 is 5.73 Å². The summed E-state index contributed by atoms with van der Waals surface area (Å²) >= 11 is 0. The van der Waals surface area contributed by atoms with E-state index in [1.165, 1.54) is 4.80 Å². The quantitative estimate of drug-likeness (QED) is 0.633. The molecule has 0 aliphatic heterocycles. The molecule has 0 spiro atoms. The van der Waals surface area contributed by atoms with Gasteiger partial charge >= 0.3 is 6.01 Å². The van der Waals surface area contributed by atoms with Crippen LogP contribution < -0.4 is 10.5 Å². The van der Waals surface area contributed by atoms with Crippen molar-refractivity contribution in [1.29, 1.82) is 0 Å². The third-order valence-corrected chi connectivity index (χ3v) is 1.74. The first-order chi connectivity index (χ1) is 6.27. The van der Waals surface area contributed by atoms with Crippen LogP contribution in [0.25, 0.3) is 5.69 Å². The summed E-state index contributed by atoms with van der Waals surface area (Å²) in [6.07, 6.45) is 0. The number of hydrogen-bond donors (Lipinski definition) is 1. The molecule has 0 aliphatic rings. The molecule has 0 radical (unpaired) electrons. The summed E-state index contributed by atoms with van der Waals surface area (Å²) in [6.45, 7) is 1.97. The molecule has 0 fully saturated rings. The fourth-order valence-corrected chi connectivity index (χ4v) is 1.10. The van der Waals surface area contributed by atoms with Crippen molar-refractivity contribution in [1.82, 2.24) is 10.4 Å². The van der Waals surface area contributed by atoms with Crippen molar-refractivity contribution in [3.05, 3.63) is 29.8 Å². The molecule has 0 aliphatic carbocycles. The lowest BCUT2D eigenvalue weighted by atomic mass is 10.2. The van der Waals surface area contributed by atoms with Crippen LogP contribution in [0.1, 0.15) is 5.56 Å². The van der Waals surface area contributed by atoms with Gasteiger partial charge in [-0.25, -0.2) is 0 Å². The Morgan fingerprint density at radius 1 is 1.38 bits per heavy atom. The van der Waals surface area contributed by atoms with E-state index in [9.17, 15) is 0 Å². The first-order valence-corrected chi connectivity index (χ1v) is 3.85. The standard InChI is InChI=1S/C8H9N4O/c1-6-4-2-3-5-7(6)12-10-8(9)13-11-12/h2-5H,1H3,(H2,9,10,11)/q+1. The maximum atomic E-state index is 5.30. The zero-order valence-electron chi connectivity index (χ0n) is 7.14. The molecule has 0 atom stereocenters. The highest BCUT2D eigenvalue weighted by molar-refractivity contribution is 5.31. The molecule has 5 nitrogen and oxygen atoms in total. The molecular formula is C8H9N4O+. The van der Waals surface area contributed by atoms with Gasteiger partial charge in [0.25, 0.3) is 5.69 Å². The molecular weight excluding hydrogens is 168 g/mol. The second kappa shape index (κ2) is 2.85. The molecule has 1 aromatic heterocycles. The molecule has 2 aromatic rings. The molecule has 2 N–H and O–H groups in total. The minimum Gasteiger partial charge on any atom is -0.346 e. The second-order valence-electron chi connectivity index (χ2n) is 2.69. The predicted octanol–water partition coefficient (Wildman–Crippen LogP) is 0.237. The maximum Gasteiger partial charge on any atom is 0.387 e. The van der Waals surface area contributed by atoms with E-state index in [1.807, 2.05) is 31.2 Å². The Morgan fingerprint density at radius 2 is 2.15 bits per heavy atom. The highest BCUT2D eigenvalue weighted by Crippen LogP contribution is 2.04. The number of aromatic nitrogens is 3. The number of hydrogen-bond acceptors (Lipinski definition) is 4. The van der Waals surface area contributed by atoms with E-state index < -0.39 is 0 Å². The van der Waals surface area contributed by atoms with Gasteiger partial charge in [0.15, 0.2) is 0 Å². The summed E-state index contributed by atoms with van der Waals surface area (Å²) in [5, 5.41) is 7.51. The van der Waals surface area contributed by atoms with E-state index in [2.05, 4.69) is 14.9 Å². The van der Waals surface area contributed by atoms with Crippen molar-refractivity contribution < 1.29 is 9.32 Å². The van der Waals surface area contributed by atoms with Crippen LogP contribution in [0.15, 0.2) is 28.8 Å². The first kappa shape index (κ1) is 7.72. The lowest BCUT2D eigenvalue weighted by Crippen LogP contribution is -2.36. The minimum absolute atomic E-state index is 0.0586. The Labute approximate surface area is 74.7 Å². The van der Waals surface area contributed by atoms with E-state index in [-0.39, 0.29) is 6.01 Å². The Bertz CT molecular complexity index is 424. The fraction of sp³-hybridized carbons (Fsp3) is 0.125.